The SMILES string of the molecule is CNS(=O)(=O)Cc1ccc(CNC(=O)COc2cccc(C(C)C)c2)cc1. The summed E-state index contributed by atoms with van der Waals surface area (Å²) in [6.07, 6.45) is 0. The van der Waals surface area contributed by atoms with Crippen molar-refractivity contribution >= 4 is 15.9 Å². The monoisotopic (exact) mass is 390 g/mol. The van der Waals surface area contributed by atoms with E-state index in [0.29, 0.717) is 23.8 Å². The summed E-state index contributed by atoms with van der Waals surface area (Å²) in [5.74, 6) is 0.783. The highest BCUT2D eigenvalue weighted by atomic mass is 32.2. The third-order valence-electron chi connectivity index (χ3n) is 4.08. The first-order valence-electron chi connectivity index (χ1n) is 8.77. The molecule has 0 aliphatic rings. The molecule has 0 fully saturated rings. The zero-order chi connectivity index (χ0) is 19.9. The third-order valence-corrected chi connectivity index (χ3v) is 5.41. The Morgan fingerprint density at radius 3 is 2.37 bits per heavy atom. The summed E-state index contributed by atoms with van der Waals surface area (Å²) >= 11 is 0. The Hall–Kier alpha value is -2.38. The van der Waals surface area contributed by atoms with E-state index in [2.05, 4.69) is 23.9 Å². The molecule has 0 spiro atoms. The van der Waals surface area contributed by atoms with Crippen molar-refractivity contribution < 1.29 is 17.9 Å². The second kappa shape index (κ2) is 9.53. The smallest absolute Gasteiger partial charge is 0.258 e. The Balaban J connectivity index is 1.81. The number of hydrogen-bond donors (Lipinski definition) is 2. The van der Waals surface area contributed by atoms with Crippen molar-refractivity contribution in [1.82, 2.24) is 10.0 Å². The number of rotatable bonds is 9. The summed E-state index contributed by atoms with van der Waals surface area (Å²) < 4.78 is 30.9. The minimum Gasteiger partial charge on any atom is -0.484 e. The van der Waals surface area contributed by atoms with Gasteiger partial charge in [-0.1, -0.05) is 50.2 Å². The molecule has 0 radical (unpaired) electrons. The summed E-state index contributed by atoms with van der Waals surface area (Å²) in [5.41, 5.74) is 2.73. The van der Waals surface area contributed by atoms with Crippen molar-refractivity contribution in [1.29, 1.82) is 0 Å². The first-order chi connectivity index (χ1) is 12.8. The molecule has 1 amide bonds. The molecule has 0 aliphatic carbocycles. The van der Waals surface area contributed by atoms with Gasteiger partial charge in [0, 0.05) is 6.54 Å². The van der Waals surface area contributed by atoms with E-state index in [0.717, 1.165) is 11.1 Å². The molecule has 0 heterocycles. The number of ether oxygens (including phenoxy) is 1. The molecular weight excluding hydrogens is 364 g/mol. The summed E-state index contributed by atoms with van der Waals surface area (Å²) in [6, 6.07) is 14.8. The normalized spacial score (nSPS) is 11.4. The lowest BCUT2D eigenvalue weighted by Gasteiger charge is -2.10. The molecule has 0 aromatic heterocycles. The molecule has 7 heteroatoms. The molecule has 27 heavy (non-hydrogen) atoms. The van der Waals surface area contributed by atoms with Gasteiger partial charge in [-0.2, -0.15) is 0 Å². The van der Waals surface area contributed by atoms with E-state index < -0.39 is 10.0 Å². The number of sulfonamides is 1. The van der Waals surface area contributed by atoms with E-state index in [4.69, 9.17) is 4.74 Å². The van der Waals surface area contributed by atoms with Crippen molar-refractivity contribution in [3.8, 4) is 5.75 Å². The highest BCUT2D eigenvalue weighted by Crippen LogP contribution is 2.20. The molecule has 0 atom stereocenters. The molecule has 146 valence electrons. The summed E-state index contributed by atoms with van der Waals surface area (Å²) in [5, 5.41) is 2.79. The standard InChI is InChI=1S/C20H26N2O4S/c1-15(2)18-5-4-6-19(11-18)26-13-20(23)22-12-16-7-9-17(10-8-16)14-27(24,25)21-3/h4-11,15,21H,12-14H2,1-3H3,(H,22,23). The molecule has 0 saturated carbocycles. The average Bonchev–Trinajstić information content (AvgIpc) is 2.65. The molecule has 2 aromatic rings. The fourth-order valence-corrected chi connectivity index (χ4v) is 3.18. The van der Waals surface area contributed by atoms with E-state index in [1.807, 2.05) is 24.3 Å². The minimum absolute atomic E-state index is 0.0555. The lowest BCUT2D eigenvalue weighted by molar-refractivity contribution is -0.123. The number of hydrogen-bond acceptors (Lipinski definition) is 4. The molecule has 0 saturated heterocycles. The van der Waals surface area contributed by atoms with Crippen molar-refractivity contribution in [2.75, 3.05) is 13.7 Å². The third kappa shape index (κ3) is 7.03. The second-order valence-electron chi connectivity index (χ2n) is 6.57. The van der Waals surface area contributed by atoms with E-state index in [-0.39, 0.29) is 18.3 Å². The fourth-order valence-electron chi connectivity index (χ4n) is 2.41. The molecule has 0 aliphatic heterocycles. The van der Waals surface area contributed by atoms with E-state index >= 15 is 0 Å². The lowest BCUT2D eigenvalue weighted by Crippen LogP contribution is -2.28. The molecule has 0 bridgehead atoms. The Kier molecular flexibility index (Phi) is 7.38. The van der Waals surface area contributed by atoms with Crippen molar-refractivity contribution in [3.63, 3.8) is 0 Å². The van der Waals surface area contributed by atoms with Crippen molar-refractivity contribution in [2.45, 2.75) is 32.1 Å². The van der Waals surface area contributed by atoms with Crippen LogP contribution in [0.25, 0.3) is 0 Å². The van der Waals surface area contributed by atoms with E-state index in [1.165, 1.54) is 7.05 Å². The maximum absolute atomic E-state index is 12.0. The van der Waals surface area contributed by atoms with Crippen LogP contribution in [-0.2, 0) is 27.1 Å². The van der Waals surface area contributed by atoms with Gasteiger partial charge in [-0.05, 0) is 41.8 Å². The van der Waals surface area contributed by atoms with E-state index in [9.17, 15) is 13.2 Å². The van der Waals surface area contributed by atoms with Crippen LogP contribution in [0.1, 0.15) is 36.5 Å². The van der Waals surface area contributed by atoms with Gasteiger partial charge in [0.25, 0.3) is 5.91 Å². The van der Waals surface area contributed by atoms with Crippen molar-refractivity contribution in [2.24, 2.45) is 0 Å². The zero-order valence-corrected chi connectivity index (χ0v) is 16.7. The van der Waals surface area contributed by atoms with Gasteiger partial charge in [0.15, 0.2) is 6.61 Å². The summed E-state index contributed by atoms with van der Waals surface area (Å²) in [7, 11) is -1.90. The van der Waals surface area contributed by atoms with Gasteiger partial charge in [-0.15, -0.1) is 0 Å². The van der Waals surface area contributed by atoms with Crippen LogP contribution < -0.4 is 14.8 Å². The molecule has 2 N–H and O–H groups in total. The Labute approximate surface area is 161 Å². The van der Waals surface area contributed by atoms with Crippen LogP contribution in [0, 0.1) is 0 Å². The Bertz CT molecular complexity index is 862. The number of carbonyl (C=O) groups excluding carboxylic acids is 1. The lowest BCUT2D eigenvalue weighted by atomic mass is 10.0. The van der Waals surface area contributed by atoms with Crippen LogP contribution >= 0.6 is 0 Å². The van der Waals surface area contributed by atoms with Gasteiger partial charge in [0.05, 0.1) is 5.75 Å². The van der Waals surface area contributed by atoms with Gasteiger partial charge in [-0.3, -0.25) is 4.79 Å². The first-order valence-corrected chi connectivity index (χ1v) is 10.4. The highest BCUT2D eigenvalue weighted by Gasteiger charge is 2.09. The topological polar surface area (TPSA) is 84.5 Å². The van der Waals surface area contributed by atoms with Gasteiger partial charge >= 0.3 is 0 Å². The van der Waals surface area contributed by atoms with Gasteiger partial charge in [0.2, 0.25) is 10.0 Å². The number of benzene rings is 2. The highest BCUT2D eigenvalue weighted by molar-refractivity contribution is 7.88. The Morgan fingerprint density at radius 2 is 1.74 bits per heavy atom. The van der Waals surface area contributed by atoms with Crippen LogP contribution in [0.15, 0.2) is 48.5 Å². The van der Waals surface area contributed by atoms with Crippen LogP contribution in [-0.4, -0.2) is 28.0 Å². The average molecular weight is 391 g/mol. The molecule has 2 rings (SSSR count). The van der Waals surface area contributed by atoms with Gasteiger partial charge in [-0.25, -0.2) is 13.1 Å². The minimum atomic E-state index is -3.29. The molecule has 2 aromatic carbocycles. The van der Waals surface area contributed by atoms with Crippen LogP contribution in [0.2, 0.25) is 0 Å². The van der Waals surface area contributed by atoms with Crippen molar-refractivity contribution in [3.05, 3.63) is 65.2 Å². The van der Waals surface area contributed by atoms with Gasteiger partial charge in [0.1, 0.15) is 5.75 Å². The fraction of sp³-hybridized carbons (Fsp3) is 0.350. The maximum atomic E-state index is 12.0. The summed E-state index contributed by atoms with van der Waals surface area (Å²) in [6.45, 7) is 4.50. The predicted molar refractivity (Wildman–Crippen MR) is 106 cm³/mol. The number of amides is 1. The molecule has 0 unspecified atom stereocenters. The Morgan fingerprint density at radius 1 is 1.07 bits per heavy atom. The number of carbonyl (C=O) groups is 1. The van der Waals surface area contributed by atoms with Crippen LogP contribution in [0.5, 0.6) is 5.75 Å². The first kappa shape index (κ1) is 20.9. The van der Waals surface area contributed by atoms with E-state index in [1.54, 1.807) is 24.3 Å². The quantitative estimate of drug-likeness (QED) is 0.689. The number of nitrogens with one attached hydrogen (secondary N) is 2. The van der Waals surface area contributed by atoms with Crippen LogP contribution in [0.3, 0.4) is 0 Å². The molecular formula is C20H26N2O4S. The largest absolute Gasteiger partial charge is 0.484 e. The second-order valence-corrected chi connectivity index (χ2v) is 8.50. The predicted octanol–water partition coefficient (Wildman–Crippen LogP) is 2.55. The van der Waals surface area contributed by atoms with Gasteiger partial charge < -0.3 is 10.1 Å². The molecule has 6 nitrogen and oxygen atoms in total. The summed E-state index contributed by atoms with van der Waals surface area (Å²) in [4.78, 5) is 12.0. The zero-order valence-electron chi connectivity index (χ0n) is 15.9. The van der Waals surface area contributed by atoms with Crippen LogP contribution in [0.4, 0.5) is 0 Å². The maximum Gasteiger partial charge on any atom is 0.258 e.